The Bertz CT molecular complexity index is 1260. The summed E-state index contributed by atoms with van der Waals surface area (Å²) in [5.74, 6) is 0.657. The lowest BCUT2D eigenvalue weighted by atomic mass is 10.0. The molecule has 1 spiro atoms. The van der Waals surface area contributed by atoms with Crippen molar-refractivity contribution < 1.29 is 9.59 Å². The molecule has 0 bridgehead atoms. The zero-order chi connectivity index (χ0) is 23.2. The summed E-state index contributed by atoms with van der Waals surface area (Å²) in [4.78, 5) is 30.1. The molecule has 33 heavy (non-hydrogen) atoms. The summed E-state index contributed by atoms with van der Waals surface area (Å²) in [5.41, 5.74) is 6.90. The molecule has 0 aromatic heterocycles. The van der Waals surface area contributed by atoms with E-state index in [0.717, 1.165) is 39.2 Å². The smallest absolute Gasteiger partial charge is 0.308 e. The van der Waals surface area contributed by atoms with Crippen molar-refractivity contribution in [2.45, 2.75) is 32.2 Å². The summed E-state index contributed by atoms with van der Waals surface area (Å²) in [6.07, 6.45) is 0. The van der Waals surface area contributed by atoms with Gasteiger partial charge in [0.25, 0.3) is 5.91 Å². The molecule has 5 rings (SSSR count). The quantitative estimate of drug-likeness (QED) is 0.558. The minimum atomic E-state index is -1.04. The number of nitrogens with zero attached hydrogens (tertiary/aromatic N) is 2. The van der Waals surface area contributed by atoms with E-state index < -0.39 is 4.87 Å². The highest BCUT2D eigenvalue weighted by atomic mass is 32.2. The lowest BCUT2D eigenvalue weighted by Gasteiger charge is -2.33. The topological polar surface area (TPSA) is 52.7 Å². The number of hydrogen-bond acceptors (Lipinski definition) is 3. The van der Waals surface area contributed by atoms with Crippen LogP contribution < -0.4 is 10.2 Å². The highest BCUT2D eigenvalue weighted by Crippen LogP contribution is 2.54. The molecule has 1 atom stereocenters. The van der Waals surface area contributed by atoms with Gasteiger partial charge in [-0.1, -0.05) is 59.7 Å². The van der Waals surface area contributed by atoms with Crippen molar-refractivity contribution >= 4 is 35.1 Å². The van der Waals surface area contributed by atoms with Crippen molar-refractivity contribution in [3.63, 3.8) is 0 Å². The van der Waals surface area contributed by atoms with Gasteiger partial charge in [-0.15, -0.1) is 11.8 Å². The highest BCUT2D eigenvalue weighted by Gasteiger charge is 2.59. The van der Waals surface area contributed by atoms with Crippen LogP contribution in [-0.4, -0.2) is 29.1 Å². The molecule has 2 heterocycles. The van der Waals surface area contributed by atoms with Crippen molar-refractivity contribution in [1.82, 2.24) is 4.90 Å². The lowest BCUT2D eigenvalue weighted by Crippen LogP contribution is -2.51. The molecule has 2 aliphatic rings. The molecule has 1 fully saturated rings. The van der Waals surface area contributed by atoms with Crippen LogP contribution in [0.1, 0.15) is 27.8 Å². The summed E-state index contributed by atoms with van der Waals surface area (Å²) < 4.78 is 0. The Labute approximate surface area is 198 Å². The molecule has 3 aromatic carbocycles. The van der Waals surface area contributed by atoms with Crippen LogP contribution in [0.5, 0.6) is 0 Å². The van der Waals surface area contributed by atoms with Gasteiger partial charge in [0.1, 0.15) is 0 Å². The Morgan fingerprint density at radius 1 is 0.970 bits per heavy atom. The predicted molar refractivity (Wildman–Crippen MR) is 135 cm³/mol. The first-order valence-corrected chi connectivity index (χ1v) is 12.1. The fourth-order valence-corrected chi connectivity index (χ4v) is 6.24. The molecule has 0 radical (unpaired) electrons. The zero-order valence-electron chi connectivity index (χ0n) is 19.1. The average Bonchev–Trinajstić information content (AvgIpc) is 3.31. The number of carbonyl (C=O) groups excluding carboxylic acids is 2. The van der Waals surface area contributed by atoms with E-state index in [-0.39, 0.29) is 11.9 Å². The van der Waals surface area contributed by atoms with E-state index in [0.29, 0.717) is 18.8 Å². The van der Waals surface area contributed by atoms with E-state index in [1.165, 1.54) is 0 Å². The van der Waals surface area contributed by atoms with Crippen LogP contribution in [0, 0.1) is 20.8 Å². The molecule has 0 unspecified atom stereocenters. The van der Waals surface area contributed by atoms with E-state index in [1.807, 2.05) is 67.3 Å². The van der Waals surface area contributed by atoms with Crippen LogP contribution in [0.4, 0.5) is 16.2 Å². The first-order chi connectivity index (χ1) is 15.9. The Balaban J connectivity index is 1.54. The summed E-state index contributed by atoms with van der Waals surface area (Å²) in [6.45, 7) is 7.06. The van der Waals surface area contributed by atoms with Gasteiger partial charge in [-0.25, -0.2) is 4.79 Å². The molecule has 0 aliphatic carbocycles. The van der Waals surface area contributed by atoms with E-state index in [2.05, 4.69) is 30.4 Å². The minimum absolute atomic E-state index is 0.0495. The van der Waals surface area contributed by atoms with Gasteiger partial charge in [-0.2, -0.15) is 0 Å². The van der Waals surface area contributed by atoms with Crippen LogP contribution in [0.15, 0.2) is 66.7 Å². The first-order valence-electron chi connectivity index (χ1n) is 11.2. The Hall–Kier alpha value is -3.25. The molecule has 6 heteroatoms. The lowest BCUT2D eigenvalue weighted by molar-refractivity contribution is -0.123. The summed E-state index contributed by atoms with van der Waals surface area (Å²) >= 11 is 1.55. The third kappa shape index (κ3) is 3.68. The summed E-state index contributed by atoms with van der Waals surface area (Å²) in [6, 6.07) is 21.8. The van der Waals surface area contributed by atoms with E-state index in [1.54, 1.807) is 16.7 Å². The van der Waals surface area contributed by atoms with Crippen molar-refractivity contribution in [2.75, 3.05) is 22.5 Å². The van der Waals surface area contributed by atoms with Gasteiger partial charge in [0.05, 0.1) is 12.2 Å². The van der Waals surface area contributed by atoms with Gasteiger partial charge in [0.2, 0.25) is 0 Å². The molecule has 168 valence electrons. The van der Waals surface area contributed by atoms with Gasteiger partial charge < -0.3 is 10.2 Å². The average molecular weight is 458 g/mol. The Kier molecular flexibility index (Phi) is 5.41. The number of anilines is 2. The number of hydrogen-bond donors (Lipinski definition) is 1. The number of rotatable bonds is 3. The number of benzene rings is 3. The molecular formula is C27H27N3O2S. The van der Waals surface area contributed by atoms with Crippen molar-refractivity contribution in [3.8, 4) is 0 Å². The van der Waals surface area contributed by atoms with Crippen LogP contribution in [0.2, 0.25) is 0 Å². The van der Waals surface area contributed by atoms with E-state index in [9.17, 15) is 9.59 Å². The van der Waals surface area contributed by atoms with E-state index >= 15 is 0 Å². The van der Waals surface area contributed by atoms with Gasteiger partial charge in [-0.3, -0.25) is 9.69 Å². The fraction of sp³-hybridized carbons (Fsp3) is 0.259. The Morgan fingerprint density at radius 2 is 1.70 bits per heavy atom. The molecule has 0 saturated carbocycles. The van der Waals surface area contributed by atoms with Crippen LogP contribution >= 0.6 is 11.8 Å². The normalized spacial score (nSPS) is 19.3. The SMILES string of the molecule is Cc1cccc(CN2C(=O)[C@]3(SCCN3C(=O)Nc3cccc(C)c3)c3cc(C)ccc32)c1. The number of fused-ring (bicyclic) bond motifs is 2. The van der Waals surface area contributed by atoms with Gasteiger partial charge >= 0.3 is 6.03 Å². The summed E-state index contributed by atoms with van der Waals surface area (Å²) in [5, 5.41) is 3.02. The van der Waals surface area contributed by atoms with Crippen LogP contribution in [0.25, 0.3) is 0 Å². The van der Waals surface area contributed by atoms with Crippen molar-refractivity contribution in [1.29, 1.82) is 0 Å². The second-order valence-corrected chi connectivity index (χ2v) is 10.1. The fourth-order valence-electron chi connectivity index (χ4n) is 4.79. The largest absolute Gasteiger partial charge is 0.323 e. The zero-order valence-corrected chi connectivity index (χ0v) is 19.9. The number of carbonyl (C=O) groups is 2. The maximum absolute atomic E-state index is 14.1. The van der Waals surface area contributed by atoms with Crippen LogP contribution in [0.3, 0.4) is 0 Å². The molecule has 1 saturated heterocycles. The Morgan fingerprint density at radius 3 is 2.45 bits per heavy atom. The number of urea groups is 1. The third-order valence-corrected chi connectivity index (χ3v) is 7.71. The molecular weight excluding hydrogens is 430 g/mol. The maximum atomic E-state index is 14.1. The second kappa shape index (κ2) is 8.27. The molecule has 3 aromatic rings. The minimum Gasteiger partial charge on any atom is -0.308 e. The molecule has 1 N–H and O–H groups in total. The van der Waals surface area contributed by atoms with E-state index in [4.69, 9.17) is 0 Å². The monoisotopic (exact) mass is 457 g/mol. The molecule has 3 amide bonds. The number of aryl methyl sites for hydroxylation is 3. The van der Waals surface area contributed by atoms with Gasteiger partial charge in [0.15, 0.2) is 4.87 Å². The number of amides is 3. The van der Waals surface area contributed by atoms with Gasteiger partial charge in [0, 0.05) is 23.5 Å². The number of nitrogens with one attached hydrogen (secondary N) is 1. The first kappa shape index (κ1) is 21.6. The summed E-state index contributed by atoms with van der Waals surface area (Å²) in [7, 11) is 0. The molecule has 5 nitrogen and oxygen atoms in total. The van der Waals surface area contributed by atoms with Crippen molar-refractivity contribution in [3.05, 3.63) is 94.5 Å². The second-order valence-electron chi connectivity index (χ2n) is 8.84. The number of thioether (sulfide) groups is 1. The van der Waals surface area contributed by atoms with Crippen molar-refractivity contribution in [2.24, 2.45) is 0 Å². The van der Waals surface area contributed by atoms with Gasteiger partial charge in [-0.05, 0) is 50.1 Å². The maximum Gasteiger partial charge on any atom is 0.323 e. The third-order valence-electron chi connectivity index (χ3n) is 6.29. The standard InChI is InChI=1S/C27H27N3O2S/c1-18-6-4-8-21(14-18)17-29-24-11-10-20(3)16-23(24)27(25(29)31)30(12-13-33-27)26(32)28-22-9-5-7-19(2)15-22/h4-11,14-16H,12-13,17H2,1-3H3,(H,28,32)/t27-/m1/s1. The highest BCUT2D eigenvalue weighted by molar-refractivity contribution is 8.01. The molecule has 2 aliphatic heterocycles. The van der Waals surface area contributed by atoms with Crippen LogP contribution in [-0.2, 0) is 16.2 Å². The predicted octanol–water partition coefficient (Wildman–Crippen LogP) is 5.59.